The Kier molecular flexibility index (Phi) is 4.34. The first-order valence-corrected chi connectivity index (χ1v) is 10.5. The van der Waals surface area contributed by atoms with Gasteiger partial charge in [-0.05, 0) is 37.8 Å². The molecular weight excluding hydrogens is 368 g/mol. The number of rotatable bonds is 4. The van der Waals surface area contributed by atoms with E-state index in [4.69, 9.17) is 0 Å². The standard InChI is InChI=1S/C22H22N4OS/c1-13-10-14(2)24-22(23-13)18-11-19-17(12-26(19)25-18)21(27)16-7-4-3-6-15(16)20-8-5-9-28-20/h3-10,17-19,25H,11-12H2,1-2H3. The Labute approximate surface area is 168 Å². The van der Waals surface area contributed by atoms with Gasteiger partial charge in [0, 0.05) is 40.0 Å². The number of hydrazine groups is 1. The number of aryl methyl sites for hydroxylation is 2. The van der Waals surface area contributed by atoms with Gasteiger partial charge in [-0.25, -0.2) is 20.4 Å². The number of ketones is 1. The summed E-state index contributed by atoms with van der Waals surface area (Å²) in [6.45, 7) is 4.73. The fraction of sp³-hybridized carbons (Fsp3) is 0.318. The molecule has 3 unspecified atom stereocenters. The van der Waals surface area contributed by atoms with Crippen LogP contribution < -0.4 is 5.43 Å². The summed E-state index contributed by atoms with van der Waals surface area (Å²) in [5.74, 6) is 1.09. The first-order chi connectivity index (χ1) is 13.6. The Morgan fingerprint density at radius 2 is 1.93 bits per heavy atom. The van der Waals surface area contributed by atoms with Crippen LogP contribution in [0.4, 0.5) is 0 Å². The fourth-order valence-corrected chi connectivity index (χ4v) is 5.12. The summed E-state index contributed by atoms with van der Waals surface area (Å²) in [5.41, 5.74) is 7.34. The van der Waals surface area contributed by atoms with Crippen molar-refractivity contribution in [2.75, 3.05) is 6.54 Å². The number of hydrogen-bond acceptors (Lipinski definition) is 6. The molecule has 3 atom stereocenters. The van der Waals surface area contributed by atoms with Gasteiger partial charge in [-0.1, -0.05) is 30.3 Å². The van der Waals surface area contributed by atoms with Crippen LogP contribution in [0.2, 0.25) is 0 Å². The molecular formula is C22H22N4OS. The molecule has 2 saturated heterocycles. The van der Waals surface area contributed by atoms with Gasteiger partial charge < -0.3 is 0 Å². The van der Waals surface area contributed by atoms with Gasteiger partial charge in [0.15, 0.2) is 5.78 Å². The number of carbonyl (C=O) groups excluding carboxylic acids is 1. The van der Waals surface area contributed by atoms with E-state index in [0.717, 1.165) is 46.2 Å². The number of Topliss-reactive ketones (excluding diaryl/α,β-unsaturated/α-hetero) is 1. The lowest BCUT2D eigenvalue weighted by Crippen LogP contribution is -2.58. The molecule has 2 aliphatic rings. The maximum atomic E-state index is 13.4. The summed E-state index contributed by atoms with van der Waals surface area (Å²) < 4.78 is 0. The van der Waals surface area contributed by atoms with Gasteiger partial charge in [0.1, 0.15) is 5.82 Å². The highest BCUT2D eigenvalue weighted by Gasteiger charge is 2.50. The summed E-state index contributed by atoms with van der Waals surface area (Å²) in [6.07, 6.45) is 0.862. The topological polar surface area (TPSA) is 58.1 Å². The summed E-state index contributed by atoms with van der Waals surface area (Å²) in [5, 5.41) is 4.24. The molecule has 0 radical (unpaired) electrons. The number of nitrogens with zero attached hydrogens (tertiary/aromatic N) is 3. The summed E-state index contributed by atoms with van der Waals surface area (Å²) in [4.78, 5) is 23.7. The Balaban J connectivity index is 1.37. The molecule has 5 rings (SSSR count). The van der Waals surface area contributed by atoms with Crippen molar-refractivity contribution in [1.82, 2.24) is 20.4 Å². The van der Waals surface area contributed by atoms with Crippen LogP contribution >= 0.6 is 11.3 Å². The Morgan fingerprint density at radius 1 is 1.14 bits per heavy atom. The molecule has 3 aromatic rings. The van der Waals surface area contributed by atoms with E-state index in [9.17, 15) is 4.79 Å². The lowest BCUT2D eigenvalue weighted by molar-refractivity contribution is 0.0157. The summed E-state index contributed by atoms with van der Waals surface area (Å²) in [6, 6.07) is 14.4. The Morgan fingerprint density at radius 3 is 2.68 bits per heavy atom. The lowest BCUT2D eigenvalue weighted by atomic mass is 9.81. The van der Waals surface area contributed by atoms with Crippen LogP contribution in [0.1, 0.15) is 40.0 Å². The first kappa shape index (κ1) is 17.7. The zero-order valence-electron chi connectivity index (χ0n) is 15.9. The predicted octanol–water partition coefficient (Wildman–Crippen LogP) is 3.95. The van der Waals surface area contributed by atoms with E-state index in [2.05, 4.69) is 37.9 Å². The second kappa shape index (κ2) is 6.88. The molecule has 0 bridgehead atoms. The molecule has 1 N–H and O–H groups in total. The van der Waals surface area contributed by atoms with Crippen LogP contribution in [-0.4, -0.2) is 33.3 Å². The Bertz CT molecular complexity index is 1010. The van der Waals surface area contributed by atoms with Gasteiger partial charge in [-0.3, -0.25) is 4.79 Å². The fourth-order valence-electron chi connectivity index (χ4n) is 4.36. The molecule has 0 aliphatic carbocycles. The zero-order chi connectivity index (χ0) is 19.3. The number of nitrogens with one attached hydrogen (secondary N) is 1. The number of hydrogen-bond donors (Lipinski definition) is 1. The highest BCUT2D eigenvalue weighted by molar-refractivity contribution is 7.13. The van der Waals surface area contributed by atoms with Crippen LogP contribution in [-0.2, 0) is 0 Å². The van der Waals surface area contributed by atoms with Crippen molar-refractivity contribution in [2.24, 2.45) is 5.92 Å². The largest absolute Gasteiger partial charge is 0.294 e. The van der Waals surface area contributed by atoms with Crippen LogP contribution in [0.5, 0.6) is 0 Å². The summed E-state index contributed by atoms with van der Waals surface area (Å²) in [7, 11) is 0. The molecule has 2 aromatic heterocycles. The van der Waals surface area contributed by atoms with Gasteiger partial charge in [-0.15, -0.1) is 11.3 Å². The van der Waals surface area contributed by atoms with E-state index < -0.39 is 0 Å². The minimum absolute atomic E-state index is 0.0181. The van der Waals surface area contributed by atoms with Crippen LogP contribution in [0.15, 0.2) is 47.8 Å². The molecule has 2 fully saturated rings. The van der Waals surface area contributed by atoms with Crippen molar-refractivity contribution in [3.8, 4) is 10.4 Å². The third-order valence-corrected chi connectivity index (χ3v) is 6.59. The smallest absolute Gasteiger partial charge is 0.169 e. The SMILES string of the molecule is Cc1cc(C)nc(C2CC3C(C(=O)c4ccccc4-c4cccs4)CN3N2)n1. The van der Waals surface area contributed by atoms with Crippen molar-refractivity contribution >= 4 is 17.1 Å². The van der Waals surface area contributed by atoms with E-state index in [1.54, 1.807) is 11.3 Å². The molecule has 2 aliphatic heterocycles. The van der Waals surface area contributed by atoms with E-state index >= 15 is 0 Å². The van der Waals surface area contributed by atoms with Crippen molar-refractivity contribution in [3.63, 3.8) is 0 Å². The van der Waals surface area contributed by atoms with Crippen molar-refractivity contribution < 1.29 is 4.79 Å². The third kappa shape index (κ3) is 2.98. The molecule has 0 spiro atoms. The van der Waals surface area contributed by atoms with E-state index in [1.807, 2.05) is 44.2 Å². The lowest BCUT2D eigenvalue weighted by Gasteiger charge is -2.42. The van der Waals surface area contributed by atoms with Gasteiger partial charge in [0.05, 0.1) is 12.0 Å². The highest BCUT2D eigenvalue weighted by Crippen LogP contribution is 2.40. The van der Waals surface area contributed by atoms with Crippen molar-refractivity contribution in [2.45, 2.75) is 32.4 Å². The summed E-state index contributed by atoms with van der Waals surface area (Å²) >= 11 is 1.67. The van der Waals surface area contributed by atoms with E-state index in [0.29, 0.717) is 0 Å². The maximum absolute atomic E-state index is 13.4. The minimum Gasteiger partial charge on any atom is -0.294 e. The number of fused-ring (bicyclic) bond motifs is 1. The molecule has 0 amide bonds. The predicted molar refractivity (Wildman–Crippen MR) is 110 cm³/mol. The number of carbonyl (C=O) groups is 1. The molecule has 6 heteroatoms. The Hall–Kier alpha value is -2.41. The molecule has 28 heavy (non-hydrogen) atoms. The van der Waals surface area contributed by atoms with Crippen molar-refractivity contribution in [1.29, 1.82) is 0 Å². The third-order valence-electron chi connectivity index (χ3n) is 5.68. The number of benzene rings is 1. The zero-order valence-corrected chi connectivity index (χ0v) is 16.7. The van der Waals surface area contributed by atoms with Crippen LogP contribution in [0, 0.1) is 19.8 Å². The maximum Gasteiger partial charge on any atom is 0.169 e. The van der Waals surface area contributed by atoms with Gasteiger partial charge >= 0.3 is 0 Å². The van der Waals surface area contributed by atoms with Gasteiger partial charge in [-0.2, -0.15) is 0 Å². The van der Waals surface area contributed by atoms with Gasteiger partial charge in [0.25, 0.3) is 0 Å². The van der Waals surface area contributed by atoms with E-state index in [1.165, 1.54) is 0 Å². The number of aromatic nitrogens is 2. The minimum atomic E-state index is 0.0181. The van der Waals surface area contributed by atoms with Crippen LogP contribution in [0.25, 0.3) is 10.4 Å². The first-order valence-electron chi connectivity index (χ1n) is 9.62. The molecule has 0 saturated carbocycles. The number of thiophene rings is 1. The average Bonchev–Trinajstić information content (AvgIpc) is 3.30. The highest BCUT2D eigenvalue weighted by atomic mass is 32.1. The van der Waals surface area contributed by atoms with Crippen LogP contribution in [0.3, 0.4) is 0 Å². The normalized spacial score (nSPS) is 24.0. The molecule has 4 heterocycles. The molecule has 142 valence electrons. The molecule has 1 aromatic carbocycles. The average molecular weight is 391 g/mol. The van der Waals surface area contributed by atoms with Gasteiger partial charge in [0.2, 0.25) is 0 Å². The van der Waals surface area contributed by atoms with Crippen molar-refractivity contribution in [3.05, 3.63) is 70.6 Å². The monoisotopic (exact) mass is 390 g/mol. The molecule has 5 nitrogen and oxygen atoms in total. The second-order valence-electron chi connectivity index (χ2n) is 7.64. The second-order valence-corrected chi connectivity index (χ2v) is 8.59. The van der Waals surface area contributed by atoms with E-state index in [-0.39, 0.29) is 23.8 Å². The quantitative estimate of drug-likeness (QED) is 0.684.